The molecule has 0 aliphatic carbocycles. The summed E-state index contributed by atoms with van der Waals surface area (Å²) in [6.07, 6.45) is 0. The number of hydrogen-bond acceptors (Lipinski definition) is 3. The van der Waals surface area contributed by atoms with E-state index in [1.165, 1.54) is 0 Å². The highest BCUT2D eigenvalue weighted by Crippen LogP contribution is 2.33. The van der Waals surface area contributed by atoms with Crippen molar-refractivity contribution in [2.24, 2.45) is 0 Å². The lowest BCUT2D eigenvalue weighted by Crippen LogP contribution is -1.92. The van der Waals surface area contributed by atoms with Gasteiger partial charge < -0.3 is 9.47 Å². The third-order valence-corrected chi connectivity index (χ3v) is 2.69. The first-order valence-electron chi connectivity index (χ1n) is 4.84. The number of halogens is 1. The molecule has 0 saturated heterocycles. The minimum absolute atomic E-state index is 0.484. The summed E-state index contributed by atoms with van der Waals surface area (Å²) >= 11 is 5.91. The standard InChI is InChI=1S/C12H12ClNO2/c1-7-9-6-11(16-3)10(15-2)4-8(9)5-12(13)14-7/h4-6H,1-3H3. The number of ether oxygens (including phenoxy) is 2. The van der Waals surface area contributed by atoms with Gasteiger partial charge in [-0.15, -0.1) is 0 Å². The van der Waals surface area contributed by atoms with Gasteiger partial charge in [0.25, 0.3) is 0 Å². The van der Waals surface area contributed by atoms with Crippen molar-refractivity contribution in [1.29, 1.82) is 0 Å². The number of pyridine rings is 1. The lowest BCUT2D eigenvalue weighted by molar-refractivity contribution is 0.356. The maximum atomic E-state index is 5.91. The molecular formula is C12H12ClNO2. The van der Waals surface area contributed by atoms with E-state index in [-0.39, 0.29) is 0 Å². The predicted molar refractivity (Wildman–Crippen MR) is 64.6 cm³/mol. The zero-order chi connectivity index (χ0) is 11.7. The molecule has 84 valence electrons. The Labute approximate surface area is 99.0 Å². The van der Waals surface area contributed by atoms with Crippen LogP contribution in [-0.4, -0.2) is 19.2 Å². The van der Waals surface area contributed by atoms with Crippen molar-refractivity contribution in [3.63, 3.8) is 0 Å². The van der Waals surface area contributed by atoms with Crippen molar-refractivity contribution in [2.75, 3.05) is 14.2 Å². The number of benzene rings is 1. The Balaban J connectivity index is 2.78. The normalized spacial score (nSPS) is 10.5. The van der Waals surface area contributed by atoms with Gasteiger partial charge in [-0.3, -0.25) is 0 Å². The molecule has 0 unspecified atom stereocenters. The summed E-state index contributed by atoms with van der Waals surface area (Å²) in [5.74, 6) is 1.39. The van der Waals surface area contributed by atoms with E-state index in [9.17, 15) is 0 Å². The fourth-order valence-electron chi connectivity index (χ4n) is 1.71. The van der Waals surface area contributed by atoms with E-state index >= 15 is 0 Å². The fourth-order valence-corrected chi connectivity index (χ4v) is 1.95. The van der Waals surface area contributed by atoms with Crippen LogP contribution in [0.1, 0.15) is 5.69 Å². The third-order valence-electron chi connectivity index (χ3n) is 2.49. The number of methoxy groups -OCH3 is 2. The number of aryl methyl sites for hydroxylation is 1. The van der Waals surface area contributed by atoms with Gasteiger partial charge in [-0.1, -0.05) is 11.6 Å². The van der Waals surface area contributed by atoms with Crippen LogP contribution in [0.5, 0.6) is 11.5 Å². The van der Waals surface area contributed by atoms with Crippen LogP contribution in [0, 0.1) is 6.92 Å². The van der Waals surface area contributed by atoms with Crippen LogP contribution in [0.3, 0.4) is 0 Å². The Morgan fingerprint density at radius 3 is 2.31 bits per heavy atom. The highest BCUT2D eigenvalue weighted by atomic mass is 35.5. The lowest BCUT2D eigenvalue weighted by atomic mass is 10.1. The largest absolute Gasteiger partial charge is 0.493 e. The zero-order valence-corrected chi connectivity index (χ0v) is 10.1. The van der Waals surface area contributed by atoms with Crippen LogP contribution < -0.4 is 9.47 Å². The van der Waals surface area contributed by atoms with E-state index in [0.29, 0.717) is 16.7 Å². The van der Waals surface area contributed by atoms with Crippen molar-refractivity contribution >= 4 is 22.4 Å². The second-order valence-electron chi connectivity index (χ2n) is 3.46. The van der Waals surface area contributed by atoms with Crippen LogP contribution in [0.15, 0.2) is 18.2 Å². The molecule has 0 saturated carbocycles. The van der Waals surface area contributed by atoms with Crippen LogP contribution in [-0.2, 0) is 0 Å². The Bertz CT molecular complexity index is 540. The van der Waals surface area contributed by atoms with Crippen LogP contribution in [0.25, 0.3) is 10.8 Å². The predicted octanol–water partition coefficient (Wildman–Crippen LogP) is 3.21. The van der Waals surface area contributed by atoms with Gasteiger partial charge in [0.05, 0.1) is 14.2 Å². The summed E-state index contributed by atoms with van der Waals surface area (Å²) in [4.78, 5) is 4.20. The minimum atomic E-state index is 0.484. The molecule has 4 heteroatoms. The molecular weight excluding hydrogens is 226 g/mol. The highest BCUT2D eigenvalue weighted by molar-refractivity contribution is 6.30. The van der Waals surface area contributed by atoms with E-state index in [0.717, 1.165) is 16.5 Å². The van der Waals surface area contributed by atoms with Gasteiger partial charge in [0.2, 0.25) is 0 Å². The fraction of sp³-hybridized carbons (Fsp3) is 0.250. The minimum Gasteiger partial charge on any atom is -0.493 e. The number of fused-ring (bicyclic) bond motifs is 1. The maximum Gasteiger partial charge on any atom is 0.161 e. The average Bonchev–Trinajstić information content (AvgIpc) is 2.27. The summed E-state index contributed by atoms with van der Waals surface area (Å²) < 4.78 is 10.5. The monoisotopic (exact) mass is 237 g/mol. The van der Waals surface area contributed by atoms with E-state index in [2.05, 4.69) is 4.98 Å². The third kappa shape index (κ3) is 1.78. The molecule has 1 aromatic carbocycles. The molecule has 0 atom stereocenters. The molecule has 1 aromatic heterocycles. The van der Waals surface area contributed by atoms with Gasteiger partial charge >= 0.3 is 0 Å². The van der Waals surface area contributed by atoms with E-state index in [1.807, 2.05) is 25.1 Å². The molecule has 0 N–H and O–H groups in total. The Morgan fingerprint density at radius 2 is 1.69 bits per heavy atom. The van der Waals surface area contributed by atoms with Gasteiger partial charge in [-0.2, -0.15) is 0 Å². The topological polar surface area (TPSA) is 31.4 Å². The summed E-state index contributed by atoms with van der Waals surface area (Å²) in [5, 5.41) is 2.49. The number of aromatic nitrogens is 1. The summed E-state index contributed by atoms with van der Waals surface area (Å²) in [6.45, 7) is 1.92. The smallest absolute Gasteiger partial charge is 0.161 e. The van der Waals surface area contributed by atoms with Crippen LogP contribution >= 0.6 is 11.6 Å². The van der Waals surface area contributed by atoms with Crippen molar-refractivity contribution in [3.8, 4) is 11.5 Å². The number of nitrogens with zero attached hydrogens (tertiary/aromatic N) is 1. The Kier molecular flexibility index (Phi) is 2.88. The number of rotatable bonds is 2. The molecule has 1 heterocycles. The van der Waals surface area contributed by atoms with Crippen LogP contribution in [0.2, 0.25) is 5.15 Å². The van der Waals surface area contributed by atoms with E-state index < -0.39 is 0 Å². The lowest BCUT2D eigenvalue weighted by Gasteiger charge is -2.10. The van der Waals surface area contributed by atoms with Crippen molar-refractivity contribution < 1.29 is 9.47 Å². The molecule has 2 rings (SSSR count). The molecule has 0 fully saturated rings. The summed E-state index contributed by atoms with van der Waals surface area (Å²) in [6, 6.07) is 5.62. The second kappa shape index (κ2) is 4.18. The first-order chi connectivity index (χ1) is 7.65. The first-order valence-corrected chi connectivity index (χ1v) is 5.22. The molecule has 0 radical (unpaired) electrons. The van der Waals surface area contributed by atoms with Crippen LogP contribution in [0.4, 0.5) is 0 Å². The summed E-state index contributed by atoms with van der Waals surface area (Å²) in [5.41, 5.74) is 0.878. The van der Waals surface area contributed by atoms with Crippen molar-refractivity contribution in [2.45, 2.75) is 6.92 Å². The highest BCUT2D eigenvalue weighted by Gasteiger charge is 2.08. The molecule has 0 aliphatic heterocycles. The molecule has 0 spiro atoms. The molecule has 0 bridgehead atoms. The maximum absolute atomic E-state index is 5.91. The van der Waals surface area contributed by atoms with Gasteiger partial charge in [0.1, 0.15) is 5.15 Å². The van der Waals surface area contributed by atoms with E-state index in [1.54, 1.807) is 14.2 Å². The Morgan fingerprint density at radius 1 is 1.06 bits per heavy atom. The quantitative estimate of drug-likeness (QED) is 0.752. The van der Waals surface area contributed by atoms with Crippen molar-refractivity contribution in [3.05, 3.63) is 29.0 Å². The van der Waals surface area contributed by atoms with Crippen molar-refractivity contribution in [1.82, 2.24) is 4.98 Å². The molecule has 0 aliphatic rings. The average molecular weight is 238 g/mol. The molecule has 3 nitrogen and oxygen atoms in total. The number of hydrogen-bond donors (Lipinski definition) is 0. The molecule has 16 heavy (non-hydrogen) atoms. The zero-order valence-electron chi connectivity index (χ0n) is 9.37. The molecule has 2 aromatic rings. The molecule has 0 amide bonds. The first kappa shape index (κ1) is 11.0. The summed E-state index contributed by atoms with van der Waals surface area (Å²) in [7, 11) is 3.22. The van der Waals surface area contributed by atoms with Gasteiger partial charge in [0.15, 0.2) is 11.5 Å². The second-order valence-corrected chi connectivity index (χ2v) is 3.85. The van der Waals surface area contributed by atoms with Gasteiger partial charge in [-0.25, -0.2) is 4.98 Å². The SMILES string of the molecule is COc1cc2cc(Cl)nc(C)c2cc1OC. The Hall–Kier alpha value is -1.48. The van der Waals surface area contributed by atoms with Gasteiger partial charge in [-0.05, 0) is 30.5 Å². The van der Waals surface area contributed by atoms with Gasteiger partial charge in [0, 0.05) is 11.1 Å². The van der Waals surface area contributed by atoms with E-state index in [4.69, 9.17) is 21.1 Å².